The first-order valence-corrected chi connectivity index (χ1v) is 8.96. The molecule has 5 heteroatoms. The Bertz CT molecular complexity index is 851. The first-order valence-electron chi connectivity index (χ1n) is 8.96. The number of benzene rings is 2. The molecule has 4 rings (SSSR count). The molecule has 0 bridgehead atoms. The van der Waals surface area contributed by atoms with Gasteiger partial charge in [0.2, 0.25) is 0 Å². The van der Waals surface area contributed by atoms with E-state index < -0.39 is 5.54 Å². The van der Waals surface area contributed by atoms with E-state index in [0.29, 0.717) is 0 Å². The van der Waals surface area contributed by atoms with Crippen LogP contribution in [0.15, 0.2) is 73.1 Å². The standard InChI is InChI=1S/C21H22N4O/c26-20(21(11-14-22-15-12-21)25-16-4-13-23-25)24-19-9-7-18(8-10-19)17-5-2-1-3-6-17/h1-10,13,16,22H,11-12,14-15H2,(H,24,26). The maximum atomic E-state index is 13.1. The number of nitrogens with zero attached hydrogens (tertiary/aromatic N) is 2. The Morgan fingerprint density at radius 3 is 2.31 bits per heavy atom. The first-order chi connectivity index (χ1) is 12.8. The van der Waals surface area contributed by atoms with Crippen LogP contribution in [-0.2, 0) is 10.3 Å². The van der Waals surface area contributed by atoms with Gasteiger partial charge in [-0.15, -0.1) is 0 Å². The van der Waals surface area contributed by atoms with Crippen LogP contribution in [0, 0.1) is 0 Å². The number of amides is 1. The Hall–Kier alpha value is -2.92. The van der Waals surface area contributed by atoms with E-state index >= 15 is 0 Å². The van der Waals surface area contributed by atoms with Crippen molar-refractivity contribution in [3.63, 3.8) is 0 Å². The lowest BCUT2D eigenvalue weighted by Crippen LogP contribution is -2.52. The van der Waals surface area contributed by atoms with Gasteiger partial charge in [0, 0.05) is 18.1 Å². The number of hydrogen-bond acceptors (Lipinski definition) is 3. The molecule has 2 heterocycles. The Labute approximate surface area is 153 Å². The molecule has 2 N–H and O–H groups in total. The quantitative estimate of drug-likeness (QED) is 0.762. The fraction of sp³-hybridized carbons (Fsp3) is 0.238. The number of hydrogen-bond donors (Lipinski definition) is 2. The van der Waals surface area contributed by atoms with E-state index in [1.165, 1.54) is 0 Å². The van der Waals surface area contributed by atoms with Gasteiger partial charge in [0.15, 0.2) is 0 Å². The Kier molecular flexibility index (Phi) is 4.54. The SMILES string of the molecule is O=C(Nc1ccc(-c2ccccc2)cc1)C1(n2cccn2)CCNCC1. The molecule has 0 aliphatic carbocycles. The van der Waals surface area contributed by atoms with E-state index in [-0.39, 0.29) is 5.91 Å². The third kappa shape index (κ3) is 3.13. The summed E-state index contributed by atoms with van der Waals surface area (Å²) in [6, 6.07) is 20.1. The van der Waals surface area contributed by atoms with E-state index in [2.05, 4.69) is 27.9 Å². The van der Waals surface area contributed by atoms with Crippen molar-refractivity contribution in [2.24, 2.45) is 0 Å². The van der Waals surface area contributed by atoms with Crippen molar-refractivity contribution in [2.45, 2.75) is 18.4 Å². The van der Waals surface area contributed by atoms with Gasteiger partial charge < -0.3 is 10.6 Å². The van der Waals surface area contributed by atoms with Crippen LogP contribution in [0.1, 0.15) is 12.8 Å². The molecular weight excluding hydrogens is 324 g/mol. The molecule has 1 amide bonds. The molecule has 1 saturated heterocycles. The van der Waals surface area contributed by atoms with Crippen LogP contribution >= 0.6 is 0 Å². The van der Waals surface area contributed by atoms with Crippen LogP contribution in [0.3, 0.4) is 0 Å². The smallest absolute Gasteiger partial charge is 0.252 e. The van der Waals surface area contributed by atoms with E-state index in [0.717, 1.165) is 42.7 Å². The van der Waals surface area contributed by atoms with Crippen molar-refractivity contribution in [3.05, 3.63) is 73.1 Å². The molecule has 3 aromatic rings. The number of piperidine rings is 1. The van der Waals surface area contributed by atoms with Gasteiger partial charge in [-0.25, -0.2) is 0 Å². The summed E-state index contributed by atoms with van der Waals surface area (Å²) in [5.41, 5.74) is 2.47. The molecule has 0 spiro atoms. The zero-order valence-electron chi connectivity index (χ0n) is 14.6. The van der Waals surface area contributed by atoms with Gasteiger partial charge in [-0.2, -0.15) is 5.10 Å². The van der Waals surface area contributed by atoms with Crippen molar-refractivity contribution in [1.29, 1.82) is 0 Å². The minimum absolute atomic E-state index is 0.00448. The van der Waals surface area contributed by atoms with Gasteiger partial charge in [0.25, 0.3) is 5.91 Å². The summed E-state index contributed by atoms with van der Waals surface area (Å²) in [7, 11) is 0. The van der Waals surface area contributed by atoms with Crippen molar-refractivity contribution < 1.29 is 4.79 Å². The predicted octanol–water partition coefficient (Wildman–Crippen LogP) is 3.27. The Morgan fingerprint density at radius 1 is 0.962 bits per heavy atom. The van der Waals surface area contributed by atoms with Crippen LogP contribution < -0.4 is 10.6 Å². The maximum Gasteiger partial charge on any atom is 0.252 e. The topological polar surface area (TPSA) is 59.0 Å². The van der Waals surface area contributed by atoms with E-state index in [9.17, 15) is 4.79 Å². The third-order valence-electron chi connectivity index (χ3n) is 5.05. The average molecular weight is 346 g/mol. The highest BCUT2D eigenvalue weighted by atomic mass is 16.2. The van der Waals surface area contributed by atoms with E-state index in [1.54, 1.807) is 6.20 Å². The second-order valence-electron chi connectivity index (χ2n) is 6.63. The second kappa shape index (κ2) is 7.14. The van der Waals surface area contributed by atoms with Crippen molar-refractivity contribution in [1.82, 2.24) is 15.1 Å². The summed E-state index contributed by atoms with van der Waals surface area (Å²) >= 11 is 0. The molecular formula is C21H22N4O. The first kappa shape index (κ1) is 16.5. The van der Waals surface area contributed by atoms with Gasteiger partial charge in [-0.05, 0) is 55.3 Å². The minimum atomic E-state index is -0.632. The molecule has 26 heavy (non-hydrogen) atoms. The molecule has 132 valence electrons. The van der Waals surface area contributed by atoms with Gasteiger partial charge in [-0.1, -0.05) is 42.5 Å². The van der Waals surface area contributed by atoms with Crippen LogP contribution in [0.2, 0.25) is 0 Å². The third-order valence-corrected chi connectivity index (χ3v) is 5.05. The molecule has 1 aromatic heterocycles. The number of aromatic nitrogens is 2. The maximum absolute atomic E-state index is 13.1. The number of anilines is 1. The van der Waals surface area contributed by atoms with E-state index in [1.807, 2.05) is 59.4 Å². The highest BCUT2D eigenvalue weighted by Crippen LogP contribution is 2.29. The molecule has 1 fully saturated rings. The lowest BCUT2D eigenvalue weighted by Gasteiger charge is -2.36. The lowest BCUT2D eigenvalue weighted by molar-refractivity contribution is -0.126. The minimum Gasteiger partial charge on any atom is -0.324 e. The summed E-state index contributed by atoms with van der Waals surface area (Å²) in [4.78, 5) is 13.1. The highest BCUT2D eigenvalue weighted by molar-refractivity contribution is 5.97. The fourth-order valence-electron chi connectivity index (χ4n) is 3.55. The monoisotopic (exact) mass is 346 g/mol. The van der Waals surface area contributed by atoms with Crippen LogP contribution in [0.25, 0.3) is 11.1 Å². The van der Waals surface area contributed by atoms with Gasteiger partial charge >= 0.3 is 0 Å². The number of carbonyl (C=O) groups excluding carboxylic acids is 1. The Morgan fingerprint density at radius 2 is 1.65 bits per heavy atom. The van der Waals surface area contributed by atoms with Crippen LogP contribution in [-0.4, -0.2) is 28.8 Å². The molecule has 2 aromatic carbocycles. The van der Waals surface area contributed by atoms with Crippen LogP contribution in [0.5, 0.6) is 0 Å². The zero-order chi connectivity index (χ0) is 17.8. The number of carbonyl (C=O) groups is 1. The Balaban J connectivity index is 1.55. The van der Waals surface area contributed by atoms with Gasteiger partial charge in [0.1, 0.15) is 5.54 Å². The average Bonchev–Trinajstić information content (AvgIpc) is 3.25. The van der Waals surface area contributed by atoms with Crippen molar-refractivity contribution in [2.75, 3.05) is 18.4 Å². The molecule has 0 unspecified atom stereocenters. The summed E-state index contributed by atoms with van der Waals surface area (Å²) in [6.07, 6.45) is 5.06. The lowest BCUT2D eigenvalue weighted by atomic mass is 9.87. The largest absolute Gasteiger partial charge is 0.324 e. The number of rotatable bonds is 4. The molecule has 0 saturated carbocycles. The molecule has 1 aliphatic heterocycles. The summed E-state index contributed by atoms with van der Waals surface area (Å²) < 4.78 is 1.81. The fourth-order valence-corrected chi connectivity index (χ4v) is 3.55. The summed E-state index contributed by atoms with van der Waals surface area (Å²) in [6.45, 7) is 1.61. The van der Waals surface area contributed by atoms with E-state index in [4.69, 9.17) is 0 Å². The summed E-state index contributed by atoms with van der Waals surface area (Å²) in [5, 5.41) is 10.8. The predicted molar refractivity (Wildman–Crippen MR) is 103 cm³/mol. The number of nitrogens with one attached hydrogen (secondary N) is 2. The molecule has 0 atom stereocenters. The highest BCUT2D eigenvalue weighted by Gasteiger charge is 2.41. The van der Waals surface area contributed by atoms with Crippen molar-refractivity contribution in [3.8, 4) is 11.1 Å². The zero-order valence-corrected chi connectivity index (χ0v) is 14.6. The second-order valence-corrected chi connectivity index (χ2v) is 6.63. The molecule has 1 aliphatic rings. The summed E-state index contributed by atoms with van der Waals surface area (Å²) in [5.74, 6) is -0.00448. The molecule has 5 nitrogen and oxygen atoms in total. The van der Waals surface area contributed by atoms with Gasteiger partial charge in [-0.3, -0.25) is 9.48 Å². The molecule has 0 radical (unpaired) electrons. The van der Waals surface area contributed by atoms with Crippen LogP contribution in [0.4, 0.5) is 5.69 Å². The van der Waals surface area contributed by atoms with Gasteiger partial charge in [0.05, 0.1) is 0 Å². The normalized spacial score (nSPS) is 16.2. The van der Waals surface area contributed by atoms with Crippen molar-refractivity contribution >= 4 is 11.6 Å².